The summed E-state index contributed by atoms with van der Waals surface area (Å²) in [7, 11) is 0. The number of aliphatic hydroxyl groups is 1. The first-order valence-corrected chi connectivity index (χ1v) is 10.6. The Labute approximate surface area is 171 Å². The van der Waals surface area contributed by atoms with Gasteiger partial charge in [-0.3, -0.25) is 4.98 Å². The number of pyridine rings is 1. The van der Waals surface area contributed by atoms with Crippen molar-refractivity contribution in [1.82, 2.24) is 19.6 Å². The molecule has 2 N–H and O–H groups in total. The fourth-order valence-corrected chi connectivity index (χ4v) is 4.09. The van der Waals surface area contributed by atoms with E-state index in [2.05, 4.69) is 46.3 Å². The van der Waals surface area contributed by atoms with Gasteiger partial charge in [-0.1, -0.05) is 19.9 Å². The van der Waals surface area contributed by atoms with Gasteiger partial charge < -0.3 is 15.3 Å². The number of aliphatic hydroxyl groups excluding tert-OH is 1. The molecule has 0 radical (unpaired) electrons. The van der Waals surface area contributed by atoms with Crippen LogP contribution in [0.2, 0.25) is 0 Å². The Morgan fingerprint density at radius 2 is 2.17 bits per heavy atom. The van der Waals surface area contributed by atoms with E-state index in [-0.39, 0.29) is 6.61 Å². The lowest BCUT2D eigenvalue weighted by atomic mass is 9.99. The highest BCUT2D eigenvalue weighted by Gasteiger charge is 2.25. The van der Waals surface area contributed by atoms with E-state index in [1.54, 1.807) is 6.20 Å². The van der Waals surface area contributed by atoms with Crippen LogP contribution in [0.5, 0.6) is 0 Å². The molecule has 154 valence electrons. The van der Waals surface area contributed by atoms with Gasteiger partial charge in [-0.15, -0.1) is 0 Å². The Morgan fingerprint density at radius 1 is 1.28 bits per heavy atom. The molecule has 7 heteroatoms. The molecule has 0 unspecified atom stereocenters. The summed E-state index contributed by atoms with van der Waals surface area (Å²) in [6.45, 7) is 6.19. The van der Waals surface area contributed by atoms with Crippen LogP contribution in [0.4, 0.5) is 11.6 Å². The van der Waals surface area contributed by atoms with Gasteiger partial charge in [-0.05, 0) is 43.2 Å². The van der Waals surface area contributed by atoms with Gasteiger partial charge in [0.2, 0.25) is 0 Å². The molecular formula is C22H30N6O. The molecule has 7 nitrogen and oxygen atoms in total. The summed E-state index contributed by atoms with van der Waals surface area (Å²) in [6.07, 6.45) is 9.82. The third kappa shape index (κ3) is 4.19. The molecule has 0 spiro atoms. The van der Waals surface area contributed by atoms with Crippen molar-refractivity contribution < 1.29 is 5.11 Å². The maximum atomic E-state index is 9.52. The molecule has 0 aromatic carbocycles. The first kappa shape index (κ1) is 19.6. The predicted molar refractivity (Wildman–Crippen MR) is 115 cm³/mol. The van der Waals surface area contributed by atoms with E-state index in [0.717, 1.165) is 54.2 Å². The number of aromatic nitrogens is 4. The second kappa shape index (κ2) is 8.78. The molecule has 4 heterocycles. The van der Waals surface area contributed by atoms with Crippen LogP contribution < -0.4 is 10.2 Å². The molecule has 29 heavy (non-hydrogen) atoms. The highest BCUT2D eigenvalue weighted by atomic mass is 16.3. The second-order valence-corrected chi connectivity index (χ2v) is 8.06. The minimum Gasteiger partial charge on any atom is -0.396 e. The van der Waals surface area contributed by atoms with Gasteiger partial charge in [0.1, 0.15) is 11.6 Å². The van der Waals surface area contributed by atoms with Gasteiger partial charge in [-0.25, -0.2) is 4.98 Å². The summed E-state index contributed by atoms with van der Waals surface area (Å²) >= 11 is 0. The van der Waals surface area contributed by atoms with Crippen LogP contribution in [0.1, 0.15) is 56.6 Å². The van der Waals surface area contributed by atoms with Gasteiger partial charge >= 0.3 is 0 Å². The van der Waals surface area contributed by atoms with E-state index in [4.69, 9.17) is 4.98 Å². The van der Waals surface area contributed by atoms with Crippen LogP contribution in [-0.4, -0.2) is 43.9 Å². The number of fused-ring (bicyclic) bond motifs is 1. The summed E-state index contributed by atoms with van der Waals surface area (Å²) in [5.74, 6) is 2.23. The Bertz CT molecular complexity index is 937. The SMILES string of the molecule is CC(C)c1cnn2c(NCc3cccnc3)cc(N3CCCC[C@H]3CCO)nc12. The molecule has 1 aliphatic heterocycles. The van der Waals surface area contributed by atoms with Gasteiger partial charge in [0.15, 0.2) is 5.65 Å². The van der Waals surface area contributed by atoms with Crippen LogP contribution in [0.3, 0.4) is 0 Å². The van der Waals surface area contributed by atoms with Gasteiger partial charge in [0.25, 0.3) is 0 Å². The summed E-state index contributed by atoms with van der Waals surface area (Å²) in [4.78, 5) is 11.6. The third-order valence-electron chi connectivity index (χ3n) is 5.69. The smallest absolute Gasteiger partial charge is 0.163 e. The maximum absolute atomic E-state index is 9.52. The zero-order valence-electron chi connectivity index (χ0n) is 17.3. The van der Waals surface area contributed by atoms with Crippen molar-refractivity contribution >= 4 is 17.3 Å². The zero-order chi connectivity index (χ0) is 20.2. The number of rotatable bonds is 7. The average molecular weight is 395 g/mol. The molecule has 3 aromatic heterocycles. The molecule has 3 aromatic rings. The Hall–Kier alpha value is -2.67. The van der Waals surface area contributed by atoms with E-state index >= 15 is 0 Å². The fraction of sp³-hybridized carbons (Fsp3) is 0.500. The van der Waals surface area contributed by atoms with E-state index in [0.29, 0.717) is 18.5 Å². The van der Waals surface area contributed by atoms with Crippen LogP contribution in [0.25, 0.3) is 5.65 Å². The average Bonchev–Trinajstić information content (AvgIpc) is 3.18. The van der Waals surface area contributed by atoms with E-state index in [9.17, 15) is 5.11 Å². The summed E-state index contributed by atoms with van der Waals surface area (Å²) in [6, 6.07) is 6.43. The van der Waals surface area contributed by atoms with Crippen molar-refractivity contribution in [2.45, 2.75) is 58.0 Å². The van der Waals surface area contributed by atoms with Crippen LogP contribution in [0.15, 0.2) is 36.8 Å². The Kier molecular flexibility index (Phi) is 5.94. The van der Waals surface area contributed by atoms with Crippen molar-refractivity contribution in [3.63, 3.8) is 0 Å². The summed E-state index contributed by atoms with van der Waals surface area (Å²) in [5, 5.41) is 17.7. The molecule has 1 atom stereocenters. The summed E-state index contributed by atoms with van der Waals surface area (Å²) in [5.41, 5.74) is 3.16. The monoisotopic (exact) mass is 394 g/mol. The standard InChI is InChI=1S/C22H30N6O/c1-16(2)19-15-25-28-20(24-14-17-6-5-9-23-13-17)12-21(26-22(19)28)27-10-4-3-7-18(27)8-11-29/h5-6,9,12-13,15-16,18,24,29H,3-4,7-8,10-11,14H2,1-2H3/t18-/m0/s1. The Morgan fingerprint density at radius 3 is 2.93 bits per heavy atom. The molecule has 0 amide bonds. The third-order valence-corrected chi connectivity index (χ3v) is 5.69. The van der Waals surface area contributed by atoms with Gasteiger partial charge in [0.05, 0.1) is 6.20 Å². The molecule has 0 aliphatic carbocycles. The fourth-order valence-electron chi connectivity index (χ4n) is 4.09. The molecule has 4 rings (SSSR count). The first-order valence-electron chi connectivity index (χ1n) is 10.6. The number of hydrogen-bond donors (Lipinski definition) is 2. The quantitative estimate of drug-likeness (QED) is 0.637. The van der Waals surface area contributed by atoms with Gasteiger partial charge in [0, 0.05) is 49.8 Å². The maximum Gasteiger partial charge on any atom is 0.163 e. The highest BCUT2D eigenvalue weighted by Crippen LogP contribution is 2.30. The van der Waals surface area contributed by atoms with Crippen LogP contribution in [0, 0.1) is 0 Å². The molecule has 0 bridgehead atoms. The topological polar surface area (TPSA) is 78.6 Å². The Balaban J connectivity index is 1.72. The van der Waals surface area contributed by atoms with Crippen molar-refractivity contribution in [1.29, 1.82) is 0 Å². The lowest BCUT2D eigenvalue weighted by Crippen LogP contribution is -2.40. The van der Waals surface area contributed by atoms with Crippen LogP contribution >= 0.6 is 0 Å². The van der Waals surface area contributed by atoms with E-state index < -0.39 is 0 Å². The first-order chi connectivity index (χ1) is 14.2. The van der Waals surface area contributed by atoms with Crippen molar-refractivity contribution in [2.75, 3.05) is 23.4 Å². The lowest BCUT2D eigenvalue weighted by molar-refractivity contribution is 0.262. The zero-order valence-corrected chi connectivity index (χ0v) is 17.3. The number of piperidine rings is 1. The van der Waals surface area contributed by atoms with E-state index in [1.807, 2.05) is 23.0 Å². The number of nitrogens with one attached hydrogen (secondary N) is 1. The number of anilines is 2. The number of nitrogens with zero attached hydrogens (tertiary/aromatic N) is 5. The normalized spacial score (nSPS) is 17.2. The largest absolute Gasteiger partial charge is 0.396 e. The minimum absolute atomic E-state index is 0.208. The van der Waals surface area contributed by atoms with Gasteiger partial charge in [-0.2, -0.15) is 9.61 Å². The minimum atomic E-state index is 0.208. The molecular weight excluding hydrogens is 364 g/mol. The molecule has 1 saturated heterocycles. The van der Waals surface area contributed by atoms with Crippen LogP contribution in [-0.2, 0) is 6.54 Å². The number of hydrogen-bond acceptors (Lipinski definition) is 6. The van der Waals surface area contributed by atoms with Crippen molar-refractivity contribution in [3.05, 3.63) is 47.9 Å². The lowest BCUT2D eigenvalue weighted by Gasteiger charge is -2.36. The molecule has 0 saturated carbocycles. The summed E-state index contributed by atoms with van der Waals surface area (Å²) < 4.78 is 1.90. The molecule has 1 fully saturated rings. The highest BCUT2D eigenvalue weighted by molar-refractivity contribution is 5.62. The predicted octanol–water partition coefficient (Wildman–Crippen LogP) is 3.60. The molecule has 1 aliphatic rings. The van der Waals surface area contributed by atoms with Crippen molar-refractivity contribution in [2.24, 2.45) is 0 Å². The van der Waals surface area contributed by atoms with E-state index in [1.165, 1.54) is 6.42 Å². The second-order valence-electron chi connectivity index (χ2n) is 8.06. The van der Waals surface area contributed by atoms with Crippen molar-refractivity contribution in [3.8, 4) is 0 Å².